The van der Waals surface area contributed by atoms with E-state index in [9.17, 15) is 4.79 Å². The normalized spacial score (nSPS) is 35.6. The first-order chi connectivity index (χ1) is 4.16. The van der Waals surface area contributed by atoms with Gasteiger partial charge in [0.2, 0.25) is 0 Å². The van der Waals surface area contributed by atoms with E-state index >= 15 is 0 Å². The molecule has 0 heterocycles. The zero-order chi connectivity index (χ0) is 6.91. The topological polar surface area (TPSA) is 17.1 Å². The molecule has 0 aromatic heterocycles. The molecule has 0 unspecified atom stereocenters. The van der Waals surface area contributed by atoms with E-state index in [2.05, 4.69) is 13.8 Å². The van der Waals surface area contributed by atoms with Gasteiger partial charge >= 0.3 is 0 Å². The number of carbonyl (C=O) groups is 1. The van der Waals surface area contributed by atoms with Gasteiger partial charge in [0.1, 0.15) is 5.78 Å². The Kier molecular flexibility index (Phi) is 1.60. The number of rotatable bonds is 1. The lowest BCUT2D eigenvalue weighted by Crippen LogP contribution is -2.09. The summed E-state index contributed by atoms with van der Waals surface area (Å²) in [6, 6.07) is 0. The number of ketones is 1. The van der Waals surface area contributed by atoms with Gasteiger partial charge < -0.3 is 0 Å². The van der Waals surface area contributed by atoms with Crippen LogP contribution in [0.1, 0.15) is 39.5 Å². The van der Waals surface area contributed by atoms with Gasteiger partial charge in [-0.1, -0.05) is 20.3 Å². The van der Waals surface area contributed by atoms with Gasteiger partial charge in [-0.15, -0.1) is 0 Å². The van der Waals surface area contributed by atoms with Crippen LogP contribution in [0, 0.1) is 5.41 Å². The minimum atomic E-state index is 0.358. The monoisotopic (exact) mass is 126 g/mol. The number of carbonyl (C=O) groups excluding carboxylic acids is 1. The molecular weight excluding hydrogens is 112 g/mol. The summed E-state index contributed by atoms with van der Waals surface area (Å²) in [6.07, 6.45) is 3.91. The second kappa shape index (κ2) is 2.13. The Morgan fingerprint density at radius 2 is 2.33 bits per heavy atom. The maximum absolute atomic E-state index is 10.8. The predicted molar refractivity (Wildman–Crippen MR) is 37.3 cm³/mol. The van der Waals surface area contributed by atoms with Crippen molar-refractivity contribution in [1.82, 2.24) is 0 Å². The van der Waals surface area contributed by atoms with Crippen LogP contribution in [0.4, 0.5) is 0 Å². The van der Waals surface area contributed by atoms with Crippen LogP contribution in [-0.4, -0.2) is 5.78 Å². The highest BCUT2D eigenvalue weighted by Crippen LogP contribution is 2.37. The number of Topliss-reactive ketones (excluding diaryl/α,β-unsaturated/α-hetero) is 1. The van der Waals surface area contributed by atoms with Crippen molar-refractivity contribution in [2.24, 2.45) is 5.41 Å². The predicted octanol–water partition coefficient (Wildman–Crippen LogP) is 2.16. The van der Waals surface area contributed by atoms with E-state index in [1.807, 2.05) is 0 Å². The maximum Gasteiger partial charge on any atom is 0.133 e. The third kappa shape index (κ3) is 1.32. The Morgan fingerprint density at radius 1 is 1.67 bits per heavy atom. The molecule has 1 nitrogen and oxygen atoms in total. The Bertz CT molecular complexity index is 129. The van der Waals surface area contributed by atoms with Crippen molar-refractivity contribution in [1.29, 1.82) is 0 Å². The largest absolute Gasteiger partial charge is 0.300 e. The minimum absolute atomic E-state index is 0.358. The molecule has 0 N–H and O–H groups in total. The molecule has 1 aliphatic carbocycles. The summed E-state index contributed by atoms with van der Waals surface area (Å²) in [5.74, 6) is 0.458. The molecule has 1 atom stereocenters. The quantitative estimate of drug-likeness (QED) is 0.526. The van der Waals surface area contributed by atoms with Crippen LogP contribution in [0.2, 0.25) is 0 Å². The smallest absolute Gasteiger partial charge is 0.133 e. The summed E-state index contributed by atoms with van der Waals surface area (Å²) < 4.78 is 0. The average molecular weight is 126 g/mol. The fourth-order valence-corrected chi connectivity index (χ4v) is 1.40. The average Bonchev–Trinajstić information content (AvgIpc) is 2.13. The van der Waals surface area contributed by atoms with Crippen LogP contribution in [0.25, 0.3) is 0 Å². The van der Waals surface area contributed by atoms with Crippen molar-refractivity contribution in [2.45, 2.75) is 39.5 Å². The fourth-order valence-electron chi connectivity index (χ4n) is 1.40. The molecule has 0 aromatic rings. The molecule has 52 valence electrons. The zero-order valence-electron chi connectivity index (χ0n) is 6.24. The van der Waals surface area contributed by atoms with E-state index in [0.717, 1.165) is 25.7 Å². The standard InChI is InChI=1S/C8H14O/c1-3-8(2)5-4-7(9)6-8/h3-6H2,1-2H3/t8-/m1/s1. The van der Waals surface area contributed by atoms with Crippen molar-refractivity contribution in [3.05, 3.63) is 0 Å². The van der Waals surface area contributed by atoms with E-state index < -0.39 is 0 Å². The summed E-state index contributed by atoms with van der Waals surface area (Å²) in [5.41, 5.74) is 0.358. The van der Waals surface area contributed by atoms with E-state index in [1.54, 1.807) is 0 Å². The second-order valence-corrected chi connectivity index (χ2v) is 3.38. The molecule has 1 aliphatic rings. The molecule has 1 rings (SSSR count). The Hall–Kier alpha value is -0.330. The molecule has 0 bridgehead atoms. The molecular formula is C8H14O. The van der Waals surface area contributed by atoms with Crippen LogP contribution in [0.15, 0.2) is 0 Å². The van der Waals surface area contributed by atoms with E-state index in [0.29, 0.717) is 11.2 Å². The summed E-state index contributed by atoms with van der Waals surface area (Å²) in [7, 11) is 0. The zero-order valence-corrected chi connectivity index (χ0v) is 6.24. The van der Waals surface area contributed by atoms with Crippen LogP contribution in [0.5, 0.6) is 0 Å². The molecule has 1 heteroatoms. The summed E-state index contributed by atoms with van der Waals surface area (Å²) in [5, 5.41) is 0. The Morgan fingerprint density at radius 3 is 2.56 bits per heavy atom. The van der Waals surface area contributed by atoms with Gasteiger partial charge in [-0.05, 0) is 11.8 Å². The van der Waals surface area contributed by atoms with Crippen molar-refractivity contribution < 1.29 is 4.79 Å². The van der Waals surface area contributed by atoms with Gasteiger partial charge in [0.05, 0.1) is 0 Å². The van der Waals surface area contributed by atoms with Crippen LogP contribution >= 0.6 is 0 Å². The summed E-state index contributed by atoms with van der Waals surface area (Å²) >= 11 is 0. The van der Waals surface area contributed by atoms with Gasteiger partial charge in [-0.3, -0.25) is 4.79 Å². The highest BCUT2D eigenvalue weighted by atomic mass is 16.1. The molecule has 0 aromatic carbocycles. The maximum atomic E-state index is 10.8. The fraction of sp³-hybridized carbons (Fsp3) is 0.875. The Labute approximate surface area is 56.4 Å². The van der Waals surface area contributed by atoms with Gasteiger partial charge in [0, 0.05) is 12.8 Å². The SMILES string of the molecule is CC[C@]1(C)CCC(=O)C1. The lowest BCUT2D eigenvalue weighted by molar-refractivity contribution is -0.117. The van der Waals surface area contributed by atoms with Crippen LogP contribution in [-0.2, 0) is 4.79 Å². The third-order valence-electron chi connectivity index (χ3n) is 2.48. The van der Waals surface area contributed by atoms with Crippen molar-refractivity contribution in [3.8, 4) is 0 Å². The van der Waals surface area contributed by atoms with Crippen LogP contribution < -0.4 is 0 Å². The summed E-state index contributed by atoms with van der Waals surface area (Å²) in [6.45, 7) is 4.37. The van der Waals surface area contributed by atoms with E-state index in [-0.39, 0.29) is 0 Å². The molecule has 1 saturated carbocycles. The van der Waals surface area contributed by atoms with Crippen molar-refractivity contribution >= 4 is 5.78 Å². The van der Waals surface area contributed by atoms with E-state index in [4.69, 9.17) is 0 Å². The van der Waals surface area contributed by atoms with Crippen molar-refractivity contribution in [2.75, 3.05) is 0 Å². The lowest BCUT2D eigenvalue weighted by atomic mass is 9.86. The van der Waals surface area contributed by atoms with Gasteiger partial charge in [-0.25, -0.2) is 0 Å². The first-order valence-corrected chi connectivity index (χ1v) is 3.68. The highest BCUT2D eigenvalue weighted by molar-refractivity contribution is 5.81. The minimum Gasteiger partial charge on any atom is -0.300 e. The molecule has 0 spiro atoms. The van der Waals surface area contributed by atoms with Gasteiger partial charge in [0.15, 0.2) is 0 Å². The number of hydrogen-bond acceptors (Lipinski definition) is 1. The lowest BCUT2D eigenvalue weighted by Gasteiger charge is -2.18. The Balaban J connectivity index is 2.54. The van der Waals surface area contributed by atoms with Gasteiger partial charge in [-0.2, -0.15) is 0 Å². The van der Waals surface area contributed by atoms with Crippen LogP contribution in [0.3, 0.4) is 0 Å². The first kappa shape index (κ1) is 6.79. The molecule has 0 aliphatic heterocycles. The van der Waals surface area contributed by atoms with Crippen molar-refractivity contribution in [3.63, 3.8) is 0 Å². The number of hydrogen-bond donors (Lipinski definition) is 0. The third-order valence-corrected chi connectivity index (χ3v) is 2.48. The van der Waals surface area contributed by atoms with Gasteiger partial charge in [0.25, 0.3) is 0 Å². The molecule has 1 fully saturated rings. The molecule has 0 radical (unpaired) electrons. The second-order valence-electron chi connectivity index (χ2n) is 3.38. The molecule has 0 saturated heterocycles. The summed E-state index contributed by atoms with van der Waals surface area (Å²) in [4.78, 5) is 10.8. The molecule has 9 heavy (non-hydrogen) atoms. The first-order valence-electron chi connectivity index (χ1n) is 3.68. The molecule has 0 amide bonds. The van der Waals surface area contributed by atoms with E-state index in [1.165, 1.54) is 0 Å². The highest BCUT2D eigenvalue weighted by Gasteiger charge is 2.31.